The Hall–Kier alpha value is -2.43. The van der Waals surface area contributed by atoms with E-state index in [4.69, 9.17) is 0 Å². The Balaban J connectivity index is 1.83. The molecule has 114 valence electrons. The number of imidazole rings is 1. The van der Waals surface area contributed by atoms with E-state index >= 15 is 0 Å². The summed E-state index contributed by atoms with van der Waals surface area (Å²) < 4.78 is 3.48. The summed E-state index contributed by atoms with van der Waals surface area (Å²) in [6.45, 7) is 5.17. The molecule has 0 aliphatic carbocycles. The van der Waals surface area contributed by atoms with E-state index in [2.05, 4.69) is 23.9 Å². The van der Waals surface area contributed by atoms with Gasteiger partial charge in [-0.3, -0.25) is 4.79 Å². The minimum atomic E-state index is 0.0220. The molecule has 3 heterocycles. The van der Waals surface area contributed by atoms with E-state index in [1.165, 1.54) is 0 Å². The van der Waals surface area contributed by atoms with Crippen LogP contribution in [-0.4, -0.2) is 19.2 Å². The first-order valence-electron chi connectivity index (χ1n) is 7.65. The molecule has 22 heavy (non-hydrogen) atoms. The Morgan fingerprint density at radius 2 is 2.05 bits per heavy atom. The fraction of sp³-hybridized carbons (Fsp3) is 0.353. The van der Waals surface area contributed by atoms with E-state index in [-0.39, 0.29) is 5.56 Å². The monoisotopic (exact) mass is 296 g/mol. The van der Waals surface area contributed by atoms with Crippen molar-refractivity contribution in [1.29, 1.82) is 0 Å². The molecule has 0 radical (unpaired) electrons. The highest BCUT2D eigenvalue weighted by Crippen LogP contribution is 2.15. The third-order valence-electron chi connectivity index (χ3n) is 3.73. The van der Waals surface area contributed by atoms with Crippen molar-refractivity contribution >= 4 is 5.65 Å². The Morgan fingerprint density at radius 1 is 1.18 bits per heavy atom. The van der Waals surface area contributed by atoms with Gasteiger partial charge in [0, 0.05) is 36.8 Å². The van der Waals surface area contributed by atoms with Gasteiger partial charge < -0.3 is 4.57 Å². The van der Waals surface area contributed by atoms with Gasteiger partial charge >= 0.3 is 0 Å². The molecule has 5 heteroatoms. The molecular weight excluding hydrogens is 276 g/mol. The molecule has 0 saturated carbocycles. The highest BCUT2D eigenvalue weighted by Gasteiger charge is 2.05. The number of aromatic nitrogens is 4. The van der Waals surface area contributed by atoms with Crippen molar-refractivity contribution in [2.24, 2.45) is 5.92 Å². The Labute approximate surface area is 129 Å². The van der Waals surface area contributed by atoms with Crippen LogP contribution in [0.4, 0.5) is 0 Å². The van der Waals surface area contributed by atoms with E-state index in [1.807, 2.05) is 24.4 Å². The summed E-state index contributed by atoms with van der Waals surface area (Å²) in [7, 11) is 0. The standard InChI is InChI=1S/C17H20N4O/c1-13(2)4-3-9-20-10-7-14(12-17(20)22)15-5-6-16-18-8-11-21(16)19-15/h5-8,10-13H,3-4,9H2,1-2H3. The van der Waals surface area contributed by atoms with Crippen LogP contribution in [0.15, 0.2) is 47.7 Å². The van der Waals surface area contributed by atoms with Gasteiger partial charge in [0.05, 0.1) is 5.69 Å². The van der Waals surface area contributed by atoms with E-state index in [0.29, 0.717) is 5.92 Å². The van der Waals surface area contributed by atoms with Crippen molar-refractivity contribution in [2.45, 2.75) is 33.2 Å². The normalized spacial score (nSPS) is 11.4. The molecule has 0 bridgehead atoms. The van der Waals surface area contributed by atoms with Crippen LogP contribution in [-0.2, 0) is 6.54 Å². The lowest BCUT2D eigenvalue weighted by Gasteiger charge is -2.08. The number of nitrogens with zero attached hydrogens (tertiary/aromatic N) is 4. The lowest BCUT2D eigenvalue weighted by Crippen LogP contribution is -2.19. The maximum absolute atomic E-state index is 12.2. The zero-order chi connectivity index (χ0) is 15.5. The maximum atomic E-state index is 12.2. The Kier molecular flexibility index (Phi) is 4.04. The van der Waals surface area contributed by atoms with Crippen LogP contribution in [0.3, 0.4) is 0 Å². The Bertz CT molecular complexity index is 832. The summed E-state index contributed by atoms with van der Waals surface area (Å²) in [6, 6.07) is 7.39. The molecule has 0 aliphatic heterocycles. The van der Waals surface area contributed by atoms with Crippen LogP contribution in [0, 0.1) is 5.92 Å². The van der Waals surface area contributed by atoms with Crippen molar-refractivity contribution < 1.29 is 0 Å². The molecule has 0 aromatic carbocycles. The minimum Gasteiger partial charge on any atom is -0.316 e. The smallest absolute Gasteiger partial charge is 0.251 e. The summed E-state index contributed by atoms with van der Waals surface area (Å²) in [5.41, 5.74) is 2.43. The van der Waals surface area contributed by atoms with Crippen molar-refractivity contribution in [1.82, 2.24) is 19.2 Å². The SMILES string of the molecule is CC(C)CCCn1ccc(-c2ccc3nccn3n2)cc1=O. The van der Waals surface area contributed by atoms with Gasteiger partial charge in [0.15, 0.2) is 5.65 Å². The average Bonchev–Trinajstić information content (AvgIpc) is 2.96. The first-order chi connectivity index (χ1) is 10.6. The molecule has 0 aliphatic rings. The molecule has 0 saturated heterocycles. The number of rotatable bonds is 5. The van der Waals surface area contributed by atoms with E-state index in [9.17, 15) is 4.79 Å². The predicted molar refractivity (Wildman–Crippen MR) is 86.8 cm³/mol. The maximum Gasteiger partial charge on any atom is 0.251 e. The molecule has 0 amide bonds. The highest BCUT2D eigenvalue weighted by molar-refractivity contribution is 5.59. The quantitative estimate of drug-likeness (QED) is 0.727. The average molecular weight is 296 g/mol. The number of pyridine rings is 1. The summed E-state index contributed by atoms with van der Waals surface area (Å²) in [4.78, 5) is 16.4. The van der Waals surface area contributed by atoms with E-state index in [0.717, 1.165) is 36.3 Å². The number of hydrogen-bond acceptors (Lipinski definition) is 3. The summed E-state index contributed by atoms with van der Waals surface area (Å²) in [5.74, 6) is 0.668. The molecule has 5 nitrogen and oxygen atoms in total. The van der Waals surface area contributed by atoms with Crippen LogP contribution < -0.4 is 5.56 Å². The van der Waals surface area contributed by atoms with Crippen molar-refractivity contribution in [2.75, 3.05) is 0 Å². The van der Waals surface area contributed by atoms with Gasteiger partial charge in [-0.15, -0.1) is 0 Å². The van der Waals surface area contributed by atoms with Gasteiger partial charge in [-0.2, -0.15) is 5.10 Å². The molecule has 0 unspecified atom stereocenters. The van der Waals surface area contributed by atoms with Crippen LogP contribution in [0.1, 0.15) is 26.7 Å². The number of hydrogen-bond donors (Lipinski definition) is 0. The second-order valence-corrected chi connectivity index (χ2v) is 5.93. The number of fused-ring (bicyclic) bond motifs is 1. The molecule has 3 aromatic rings. The van der Waals surface area contributed by atoms with Crippen LogP contribution in [0.2, 0.25) is 0 Å². The van der Waals surface area contributed by atoms with Gasteiger partial charge in [-0.1, -0.05) is 13.8 Å². The van der Waals surface area contributed by atoms with Gasteiger partial charge in [-0.25, -0.2) is 9.50 Å². The fourth-order valence-electron chi connectivity index (χ4n) is 2.49. The van der Waals surface area contributed by atoms with Gasteiger partial charge in [0.25, 0.3) is 5.56 Å². The zero-order valence-electron chi connectivity index (χ0n) is 12.9. The van der Waals surface area contributed by atoms with Crippen molar-refractivity contribution in [3.63, 3.8) is 0 Å². The second kappa shape index (κ2) is 6.13. The van der Waals surface area contributed by atoms with Crippen molar-refractivity contribution in [3.8, 4) is 11.3 Å². The first-order valence-corrected chi connectivity index (χ1v) is 7.65. The summed E-state index contributed by atoms with van der Waals surface area (Å²) >= 11 is 0. The third-order valence-corrected chi connectivity index (χ3v) is 3.73. The first kappa shape index (κ1) is 14.5. The van der Waals surface area contributed by atoms with Gasteiger partial charge in [0.1, 0.15) is 0 Å². The van der Waals surface area contributed by atoms with E-state index < -0.39 is 0 Å². The molecule has 0 atom stereocenters. The largest absolute Gasteiger partial charge is 0.316 e. The minimum absolute atomic E-state index is 0.0220. The molecule has 0 fully saturated rings. The van der Waals surface area contributed by atoms with Gasteiger partial charge in [-0.05, 0) is 37.0 Å². The summed E-state index contributed by atoms with van der Waals surface area (Å²) in [6.07, 6.45) is 7.52. The van der Waals surface area contributed by atoms with E-state index in [1.54, 1.807) is 27.5 Å². The predicted octanol–water partition coefficient (Wildman–Crippen LogP) is 2.99. The zero-order valence-corrected chi connectivity index (χ0v) is 12.9. The lowest BCUT2D eigenvalue weighted by molar-refractivity contribution is 0.506. The fourth-order valence-corrected chi connectivity index (χ4v) is 2.49. The number of aryl methyl sites for hydroxylation is 1. The van der Waals surface area contributed by atoms with Crippen LogP contribution >= 0.6 is 0 Å². The topological polar surface area (TPSA) is 52.2 Å². The molecule has 3 rings (SSSR count). The Morgan fingerprint density at radius 3 is 2.82 bits per heavy atom. The molecule has 0 spiro atoms. The molecule has 3 aromatic heterocycles. The van der Waals surface area contributed by atoms with Crippen LogP contribution in [0.25, 0.3) is 16.9 Å². The molecular formula is C17H20N4O. The van der Waals surface area contributed by atoms with Crippen molar-refractivity contribution in [3.05, 3.63) is 53.2 Å². The highest BCUT2D eigenvalue weighted by atomic mass is 16.1. The second-order valence-electron chi connectivity index (χ2n) is 5.93. The van der Waals surface area contributed by atoms with Crippen LogP contribution in [0.5, 0.6) is 0 Å². The lowest BCUT2D eigenvalue weighted by atomic mass is 10.1. The third kappa shape index (κ3) is 3.08. The van der Waals surface area contributed by atoms with Gasteiger partial charge in [0.2, 0.25) is 0 Å². The summed E-state index contributed by atoms with van der Waals surface area (Å²) in [5, 5.41) is 4.47. The molecule has 0 N–H and O–H groups in total.